The Bertz CT molecular complexity index is 527. The van der Waals surface area contributed by atoms with E-state index in [9.17, 15) is 9.59 Å². The van der Waals surface area contributed by atoms with E-state index in [1.54, 1.807) is 0 Å². The predicted octanol–water partition coefficient (Wildman–Crippen LogP) is 0.804. The van der Waals surface area contributed by atoms with Gasteiger partial charge in [0, 0.05) is 30.8 Å². The fourth-order valence-electron chi connectivity index (χ4n) is 2.54. The van der Waals surface area contributed by atoms with Crippen LogP contribution in [0.1, 0.15) is 36.7 Å². The van der Waals surface area contributed by atoms with Gasteiger partial charge in [-0.15, -0.1) is 0 Å². The van der Waals surface area contributed by atoms with Gasteiger partial charge in [0.15, 0.2) is 0 Å². The molecule has 5 nitrogen and oxygen atoms in total. The van der Waals surface area contributed by atoms with E-state index in [0.29, 0.717) is 13.1 Å². The summed E-state index contributed by atoms with van der Waals surface area (Å²) >= 11 is 0. The fraction of sp³-hybridized carbons (Fsp3) is 0.615. The molecule has 0 atom stereocenters. The molecule has 1 aliphatic heterocycles. The van der Waals surface area contributed by atoms with Crippen molar-refractivity contribution >= 4 is 5.91 Å². The van der Waals surface area contributed by atoms with Gasteiger partial charge in [-0.05, 0) is 19.8 Å². The van der Waals surface area contributed by atoms with Crippen molar-refractivity contribution in [2.24, 2.45) is 5.92 Å². The molecule has 1 aliphatic carbocycles. The molecule has 0 bridgehead atoms. The summed E-state index contributed by atoms with van der Waals surface area (Å²) in [7, 11) is 0. The molecule has 0 spiro atoms. The van der Waals surface area contributed by atoms with E-state index in [-0.39, 0.29) is 23.3 Å². The number of amides is 1. The van der Waals surface area contributed by atoms with E-state index in [2.05, 4.69) is 9.97 Å². The number of H-pyrrole nitrogens is 1. The average Bonchev–Trinajstić information content (AvgIpc) is 2.09. The van der Waals surface area contributed by atoms with Crippen molar-refractivity contribution < 1.29 is 4.79 Å². The van der Waals surface area contributed by atoms with Gasteiger partial charge in [-0.2, -0.15) is 0 Å². The first-order chi connectivity index (χ1) is 8.63. The van der Waals surface area contributed by atoms with Crippen LogP contribution in [0.3, 0.4) is 0 Å². The molecule has 1 saturated carbocycles. The van der Waals surface area contributed by atoms with Crippen molar-refractivity contribution in [1.29, 1.82) is 0 Å². The van der Waals surface area contributed by atoms with Gasteiger partial charge in [0.25, 0.3) is 5.56 Å². The van der Waals surface area contributed by atoms with Gasteiger partial charge in [0.1, 0.15) is 5.82 Å². The number of likely N-dealkylation sites (tertiary alicyclic amines) is 1. The molecule has 0 radical (unpaired) electrons. The van der Waals surface area contributed by atoms with Crippen LogP contribution in [0.4, 0.5) is 0 Å². The first-order valence-electron chi connectivity index (χ1n) is 6.50. The van der Waals surface area contributed by atoms with Gasteiger partial charge >= 0.3 is 0 Å². The quantitative estimate of drug-likeness (QED) is 0.840. The molecular formula is C13H17N3O2. The van der Waals surface area contributed by atoms with E-state index in [1.165, 1.54) is 12.5 Å². The van der Waals surface area contributed by atoms with Crippen LogP contribution >= 0.6 is 0 Å². The third-order valence-corrected chi connectivity index (χ3v) is 3.92. The highest BCUT2D eigenvalue weighted by atomic mass is 16.2. The Morgan fingerprint density at radius 3 is 2.72 bits per heavy atom. The number of rotatable bonds is 2. The third kappa shape index (κ3) is 1.94. The highest BCUT2D eigenvalue weighted by Gasteiger charge is 2.38. The van der Waals surface area contributed by atoms with Crippen LogP contribution in [0.15, 0.2) is 10.9 Å². The van der Waals surface area contributed by atoms with Gasteiger partial charge < -0.3 is 9.88 Å². The molecule has 0 unspecified atom stereocenters. The zero-order chi connectivity index (χ0) is 12.7. The molecule has 2 fully saturated rings. The lowest BCUT2D eigenvalue weighted by molar-refractivity contribution is -0.142. The Morgan fingerprint density at radius 1 is 1.44 bits per heavy atom. The normalized spacial score (nSPS) is 20.4. The highest BCUT2D eigenvalue weighted by Crippen LogP contribution is 2.32. The highest BCUT2D eigenvalue weighted by molar-refractivity contribution is 5.80. The first kappa shape index (κ1) is 11.4. The first-order valence-corrected chi connectivity index (χ1v) is 6.50. The monoisotopic (exact) mass is 247 g/mol. The Kier molecular flexibility index (Phi) is 2.69. The lowest BCUT2D eigenvalue weighted by Crippen LogP contribution is -2.52. The van der Waals surface area contributed by atoms with E-state index >= 15 is 0 Å². The second-order valence-electron chi connectivity index (χ2n) is 5.34. The molecule has 3 rings (SSSR count). The minimum Gasteiger partial charge on any atom is -0.341 e. The second-order valence-corrected chi connectivity index (χ2v) is 5.34. The Hall–Kier alpha value is -1.65. The van der Waals surface area contributed by atoms with Crippen LogP contribution < -0.4 is 5.56 Å². The van der Waals surface area contributed by atoms with Crippen LogP contribution in [0, 0.1) is 12.8 Å². The zero-order valence-corrected chi connectivity index (χ0v) is 10.5. The van der Waals surface area contributed by atoms with E-state index in [4.69, 9.17) is 0 Å². The zero-order valence-electron chi connectivity index (χ0n) is 10.5. The Morgan fingerprint density at radius 2 is 2.17 bits per heavy atom. The number of hydrogen-bond acceptors (Lipinski definition) is 3. The second kappa shape index (κ2) is 4.23. The van der Waals surface area contributed by atoms with Gasteiger partial charge in [-0.3, -0.25) is 9.59 Å². The molecule has 1 aromatic rings. The molecule has 1 amide bonds. The van der Waals surface area contributed by atoms with Crippen molar-refractivity contribution in [3.8, 4) is 0 Å². The number of aryl methyl sites for hydroxylation is 1. The van der Waals surface area contributed by atoms with E-state index in [1.807, 2.05) is 11.8 Å². The topological polar surface area (TPSA) is 66.1 Å². The SMILES string of the molecule is Cc1cc(=O)[nH]c(C2CN(C(=O)C3CCC3)C2)n1. The summed E-state index contributed by atoms with van der Waals surface area (Å²) < 4.78 is 0. The third-order valence-electron chi connectivity index (χ3n) is 3.92. The fourth-order valence-corrected chi connectivity index (χ4v) is 2.54. The van der Waals surface area contributed by atoms with Crippen LogP contribution in [0.5, 0.6) is 0 Å². The number of carbonyl (C=O) groups is 1. The maximum Gasteiger partial charge on any atom is 0.251 e. The molecule has 2 heterocycles. The summed E-state index contributed by atoms with van der Waals surface area (Å²) in [5.41, 5.74) is 0.624. The summed E-state index contributed by atoms with van der Waals surface area (Å²) in [6.07, 6.45) is 3.26. The number of aromatic nitrogens is 2. The number of aromatic amines is 1. The molecule has 5 heteroatoms. The largest absolute Gasteiger partial charge is 0.341 e. The van der Waals surface area contributed by atoms with Crippen LogP contribution in [-0.4, -0.2) is 33.9 Å². The minimum atomic E-state index is -0.110. The van der Waals surface area contributed by atoms with Crippen LogP contribution in [0.25, 0.3) is 0 Å². The molecule has 1 N–H and O–H groups in total. The van der Waals surface area contributed by atoms with Gasteiger partial charge in [0.2, 0.25) is 5.91 Å². The molecule has 2 aliphatic rings. The number of nitrogens with one attached hydrogen (secondary N) is 1. The molecule has 18 heavy (non-hydrogen) atoms. The maximum atomic E-state index is 12.0. The van der Waals surface area contributed by atoms with Crippen molar-refractivity contribution in [3.05, 3.63) is 27.9 Å². The Balaban J connectivity index is 1.64. The smallest absolute Gasteiger partial charge is 0.251 e. The van der Waals surface area contributed by atoms with Crippen molar-refractivity contribution in [1.82, 2.24) is 14.9 Å². The lowest BCUT2D eigenvalue weighted by Gasteiger charge is -2.42. The summed E-state index contributed by atoms with van der Waals surface area (Å²) in [5.74, 6) is 1.46. The average molecular weight is 247 g/mol. The van der Waals surface area contributed by atoms with Crippen molar-refractivity contribution in [2.75, 3.05) is 13.1 Å². The number of hydrogen-bond donors (Lipinski definition) is 1. The predicted molar refractivity (Wildman–Crippen MR) is 66.3 cm³/mol. The number of carbonyl (C=O) groups excluding carboxylic acids is 1. The Labute approximate surface area is 105 Å². The molecular weight excluding hydrogens is 230 g/mol. The van der Waals surface area contributed by atoms with E-state index < -0.39 is 0 Å². The molecule has 1 aromatic heterocycles. The summed E-state index contributed by atoms with van der Waals surface area (Å²) in [5, 5.41) is 0. The summed E-state index contributed by atoms with van der Waals surface area (Å²) in [6, 6.07) is 1.49. The summed E-state index contributed by atoms with van der Waals surface area (Å²) in [4.78, 5) is 32.3. The van der Waals surface area contributed by atoms with Crippen molar-refractivity contribution in [3.63, 3.8) is 0 Å². The molecule has 0 aromatic carbocycles. The van der Waals surface area contributed by atoms with Gasteiger partial charge in [-0.1, -0.05) is 6.42 Å². The van der Waals surface area contributed by atoms with Gasteiger partial charge in [-0.25, -0.2) is 4.98 Å². The van der Waals surface area contributed by atoms with Gasteiger partial charge in [0.05, 0.1) is 5.92 Å². The van der Waals surface area contributed by atoms with E-state index in [0.717, 1.165) is 24.4 Å². The lowest BCUT2D eigenvalue weighted by atomic mass is 9.83. The minimum absolute atomic E-state index is 0.110. The standard InChI is InChI=1S/C13H17N3O2/c1-8-5-11(17)15-12(14-8)10-6-16(7-10)13(18)9-3-2-4-9/h5,9-10H,2-4,6-7H2,1H3,(H,14,15,17). The maximum absolute atomic E-state index is 12.0. The van der Waals surface area contributed by atoms with Crippen LogP contribution in [0.2, 0.25) is 0 Å². The van der Waals surface area contributed by atoms with Crippen LogP contribution in [-0.2, 0) is 4.79 Å². The van der Waals surface area contributed by atoms with Crippen molar-refractivity contribution in [2.45, 2.75) is 32.1 Å². The molecule has 1 saturated heterocycles. The number of nitrogens with zero attached hydrogens (tertiary/aromatic N) is 2. The summed E-state index contributed by atoms with van der Waals surface area (Å²) in [6.45, 7) is 3.21. The molecule has 96 valence electrons.